The SMILES string of the molecule is CSc1nc(N)c(C#N)c(-c2cccc(N)c2)c1C#N.Cl. The Bertz CT molecular complexity index is 761. The van der Waals surface area contributed by atoms with Gasteiger partial charge in [-0.15, -0.1) is 24.2 Å². The lowest BCUT2D eigenvalue weighted by Crippen LogP contribution is -2.03. The van der Waals surface area contributed by atoms with Crippen molar-refractivity contribution in [1.29, 1.82) is 10.5 Å². The van der Waals surface area contributed by atoms with Crippen LogP contribution in [0.1, 0.15) is 11.1 Å². The van der Waals surface area contributed by atoms with Crippen molar-refractivity contribution >= 4 is 35.7 Å². The lowest BCUT2D eigenvalue weighted by atomic mass is 9.96. The maximum absolute atomic E-state index is 9.39. The van der Waals surface area contributed by atoms with Crippen molar-refractivity contribution in [2.24, 2.45) is 0 Å². The number of nitrogen functional groups attached to an aromatic ring is 2. The molecule has 2 aromatic rings. The van der Waals surface area contributed by atoms with E-state index in [9.17, 15) is 10.5 Å². The van der Waals surface area contributed by atoms with E-state index in [1.807, 2.05) is 6.07 Å². The molecule has 0 atom stereocenters. The second-order valence-electron chi connectivity index (χ2n) is 3.98. The highest BCUT2D eigenvalue weighted by atomic mass is 35.5. The zero-order chi connectivity index (χ0) is 14.7. The molecule has 1 heterocycles. The monoisotopic (exact) mass is 317 g/mol. The summed E-state index contributed by atoms with van der Waals surface area (Å²) in [5, 5.41) is 19.2. The molecule has 0 unspecified atom stereocenters. The second-order valence-corrected chi connectivity index (χ2v) is 4.78. The number of aromatic nitrogens is 1. The van der Waals surface area contributed by atoms with Gasteiger partial charge in [-0.3, -0.25) is 0 Å². The number of hydrogen-bond donors (Lipinski definition) is 2. The van der Waals surface area contributed by atoms with Crippen molar-refractivity contribution in [3.8, 4) is 23.3 Å². The number of halogens is 1. The van der Waals surface area contributed by atoms with Gasteiger partial charge in [0.2, 0.25) is 0 Å². The van der Waals surface area contributed by atoms with Crippen molar-refractivity contribution in [3.05, 3.63) is 35.4 Å². The largest absolute Gasteiger partial charge is 0.399 e. The first-order chi connectivity index (χ1) is 9.62. The van der Waals surface area contributed by atoms with Gasteiger partial charge in [0.15, 0.2) is 0 Å². The number of nitrogens with zero attached hydrogens (tertiary/aromatic N) is 3. The molecule has 5 nitrogen and oxygen atoms in total. The molecule has 1 aromatic heterocycles. The molecule has 21 heavy (non-hydrogen) atoms. The molecule has 0 bridgehead atoms. The summed E-state index contributed by atoms with van der Waals surface area (Å²) in [6.45, 7) is 0. The van der Waals surface area contributed by atoms with Crippen LogP contribution >= 0.6 is 24.2 Å². The summed E-state index contributed by atoms with van der Waals surface area (Å²) in [5.41, 5.74) is 13.9. The Balaban J connectivity index is 0.00000220. The predicted octanol–water partition coefficient (Wildman–Crippen LogP) is 2.80. The summed E-state index contributed by atoms with van der Waals surface area (Å²) in [6.07, 6.45) is 1.80. The van der Waals surface area contributed by atoms with Gasteiger partial charge < -0.3 is 11.5 Å². The molecule has 0 amide bonds. The Morgan fingerprint density at radius 2 is 1.81 bits per heavy atom. The number of nitrogens with two attached hydrogens (primary N) is 2. The molecule has 0 saturated carbocycles. The van der Waals surface area contributed by atoms with E-state index in [0.29, 0.717) is 27.4 Å². The van der Waals surface area contributed by atoms with Crippen LogP contribution < -0.4 is 11.5 Å². The summed E-state index contributed by atoms with van der Waals surface area (Å²) >= 11 is 1.31. The van der Waals surface area contributed by atoms with Gasteiger partial charge in [0.25, 0.3) is 0 Å². The fourth-order valence-electron chi connectivity index (χ4n) is 1.93. The minimum atomic E-state index is 0. The van der Waals surface area contributed by atoms with Gasteiger partial charge in [-0.1, -0.05) is 12.1 Å². The number of nitriles is 2. The van der Waals surface area contributed by atoms with Gasteiger partial charge >= 0.3 is 0 Å². The Morgan fingerprint density at radius 1 is 1.14 bits per heavy atom. The van der Waals surface area contributed by atoms with E-state index < -0.39 is 0 Å². The van der Waals surface area contributed by atoms with Crippen LogP contribution in [0.25, 0.3) is 11.1 Å². The minimum absolute atomic E-state index is 0. The molecule has 0 saturated heterocycles. The number of rotatable bonds is 2. The van der Waals surface area contributed by atoms with Crippen molar-refractivity contribution in [3.63, 3.8) is 0 Å². The molecule has 4 N–H and O–H groups in total. The van der Waals surface area contributed by atoms with Crippen LogP contribution in [0.15, 0.2) is 29.3 Å². The number of hydrogen-bond acceptors (Lipinski definition) is 6. The topological polar surface area (TPSA) is 113 Å². The summed E-state index contributed by atoms with van der Waals surface area (Å²) in [6, 6.07) is 11.1. The number of pyridine rings is 1. The number of thioether (sulfide) groups is 1. The molecule has 7 heteroatoms. The van der Waals surface area contributed by atoms with E-state index in [0.717, 1.165) is 0 Å². The molecule has 0 aliphatic rings. The lowest BCUT2D eigenvalue weighted by Gasteiger charge is -2.12. The Kier molecular flexibility index (Phi) is 5.43. The van der Waals surface area contributed by atoms with Gasteiger partial charge in [0, 0.05) is 11.3 Å². The van der Waals surface area contributed by atoms with E-state index >= 15 is 0 Å². The number of anilines is 2. The maximum Gasteiger partial charge on any atom is 0.143 e. The van der Waals surface area contributed by atoms with Gasteiger partial charge in [-0.05, 0) is 24.0 Å². The third-order valence-corrected chi connectivity index (χ3v) is 3.47. The Morgan fingerprint density at radius 3 is 2.33 bits per heavy atom. The van der Waals surface area contributed by atoms with Gasteiger partial charge in [0.1, 0.15) is 28.5 Å². The standard InChI is InChI=1S/C14H11N5S.ClH/c1-20-14-11(7-16)12(10(6-15)13(18)19-14)8-3-2-4-9(17)5-8;/h2-5H,17H2,1H3,(H2,18,19);1H. The molecule has 0 fully saturated rings. The molecular formula is C14H12ClN5S. The molecule has 1 aromatic carbocycles. The van der Waals surface area contributed by atoms with Crippen molar-refractivity contribution < 1.29 is 0 Å². The number of benzene rings is 1. The lowest BCUT2D eigenvalue weighted by molar-refractivity contribution is 1.12. The van der Waals surface area contributed by atoms with Crippen LogP contribution in [-0.4, -0.2) is 11.2 Å². The van der Waals surface area contributed by atoms with E-state index in [1.54, 1.807) is 30.5 Å². The highest BCUT2D eigenvalue weighted by Gasteiger charge is 2.19. The molecule has 0 aliphatic heterocycles. The van der Waals surface area contributed by atoms with E-state index in [4.69, 9.17) is 11.5 Å². The van der Waals surface area contributed by atoms with Gasteiger partial charge in [-0.2, -0.15) is 10.5 Å². The smallest absolute Gasteiger partial charge is 0.143 e. The van der Waals surface area contributed by atoms with E-state index in [1.165, 1.54) is 11.8 Å². The third kappa shape index (κ3) is 3.03. The summed E-state index contributed by atoms with van der Waals surface area (Å²) in [4.78, 5) is 4.11. The quantitative estimate of drug-likeness (QED) is 0.650. The van der Waals surface area contributed by atoms with Crippen LogP contribution in [0.5, 0.6) is 0 Å². The zero-order valence-corrected chi connectivity index (χ0v) is 12.8. The first-order valence-electron chi connectivity index (χ1n) is 5.66. The van der Waals surface area contributed by atoms with E-state index in [2.05, 4.69) is 11.1 Å². The van der Waals surface area contributed by atoms with Crippen LogP contribution in [0.3, 0.4) is 0 Å². The van der Waals surface area contributed by atoms with Gasteiger partial charge in [0.05, 0.1) is 5.56 Å². The van der Waals surface area contributed by atoms with Crippen LogP contribution in [0, 0.1) is 22.7 Å². The second kappa shape index (κ2) is 6.85. The molecule has 2 rings (SSSR count). The minimum Gasteiger partial charge on any atom is -0.399 e. The van der Waals surface area contributed by atoms with E-state index in [-0.39, 0.29) is 23.8 Å². The highest BCUT2D eigenvalue weighted by Crippen LogP contribution is 2.35. The van der Waals surface area contributed by atoms with Crippen molar-refractivity contribution in [2.75, 3.05) is 17.7 Å². The fourth-order valence-corrected chi connectivity index (χ4v) is 2.47. The first-order valence-corrected chi connectivity index (χ1v) is 6.88. The van der Waals surface area contributed by atoms with Crippen molar-refractivity contribution in [1.82, 2.24) is 4.98 Å². The highest BCUT2D eigenvalue weighted by molar-refractivity contribution is 7.98. The summed E-state index contributed by atoms with van der Waals surface area (Å²) in [5.74, 6) is 0.119. The average Bonchev–Trinajstić information content (AvgIpc) is 2.45. The Hall–Kier alpha value is -2.41. The molecular weight excluding hydrogens is 306 g/mol. The average molecular weight is 318 g/mol. The molecule has 106 valence electrons. The normalized spacial score (nSPS) is 9.29. The Labute approximate surface area is 133 Å². The molecule has 0 aliphatic carbocycles. The van der Waals surface area contributed by atoms with Crippen LogP contribution in [-0.2, 0) is 0 Å². The van der Waals surface area contributed by atoms with Crippen molar-refractivity contribution in [2.45, 2.75) is 5.03 Å². The molecule has 0 spiro atoms. The summed E-state index contributed by atoms with van der Waals surface area (Å²) in [7, 11) is 0. The summed E-state index contributed by atoms with van der Waals surface area (Å²) < 4.78 is 0. The maximum atomic E-state index is 9.39. The van der Waals surface area contributed by atoms with Crippen LogP contribution in [0.4, 0.5) is 11.5 Å². The zero-order valence-electron chi connectivity index (χ0n) is 11.1. The fraction of sp³-hybridized carbons (Fsp3) is 0.0714. The van der Waals surface area contributed by atoms with Crippen LogP contribution in [0.2, 0.25) is 0 Å². The first kappa shape index (κ1) is 16.6. The van der Waals surface area contributed by atoms with Gasteiger partial charge in [-0.25, -0.2) is 4.98 Å². The third-order valence-electron chi connectivity index (χ3n) is 2.78. The predicted molar refractivity (Wildman–Crippen MR) is 87.0 cm³/mol. The molecule has 0 radical (unpaired) electrons.